The first kappa shape index (κ1) is 12.5. The Morgan fingerprint density at radius 2 is 1.55 bits per heavy atom. The van der Waals surface area contributed by atoms with Crippen LogP contribution in [0.15, 0.2) is 72.8 Å². The normalized spacial score (nSPS) is 11.2. The Hall–Kier alpha value is -2.54. The number of aromatic hydroxyl groups is 1. The van der Waals surface area contributed by atoms with Gasteiger partial charge < -0.3 is 5.11 Å². The van der Waals surface area contributed by atoms with Crippen molar-refractivity contribution in [3.8, 4) is 5.75 Å². The van der Waals surface area contributed by atoms with Gasteiger partial charge in [-0.1, -0.05) is 72.8 Å². The Labute approximate surface area is 118 Å². The average Bonchev–Trinajstić information content (AvgIpc) is 2.50. The fourth-order valence-corrected chi connectivity index (χ4v) is 2.42. The van der Waals surface area contributed by atoms with Crippen molar-refractivity contribution in [3.05, 3.63) is 83.9 Å². The molecule has 0 unspecified atom stereocenters. The zero-order valence-electron chi connectivity index (χ0n) is 11.2. The molecule has 3 aromatic carbocycles. The van der Waals surface area contributed by atoms with Crippen molar-refractivity contribution in [2.75, 3.05) is 0 Å². The number of phenols is 1. The van der Waals surface area contributed by atoms with E-state index in [1.54, 1.807) is 6.07 Å². The van der Waals surface area contributed by atoms with Gasteiger partial charge in [-0.2, -0.15) is 0 Å². The predicted molar refractivity (Wildman–Crippen MR) is 84.8 cm³/mol. The molecule has 3 aromatic rings. The number of allylic oxidation sites excluding steroid dienone is 1. The van der Waals surface area contributed by atoms with Crippen molar-refractivity contribution in [3.63, 3.8) is 0 Å². The van der Waals surface area contributed by atoms with E-state index in [0.29, 0.717) is 5.75 Å². The fourth-order valence-electron chi connectivity index (χ4n) is 2.42. The van der Waals surface area contributed by atoms with E-state index in [-0.39, 0.29) is 0 Å². The van der Waals surface area contributed by atoms with E-state index < -0.39 is 0 Å². The van der Waals surface area contributed by atoms with Gasteiger partial charge in [-0.3, -0.25) is 0 Å². The molecule has 0 saturated heterocycles. The van der Waals surface area contributed by atoms with Crippen LogP contribution in [0, 0.1) is 0 Å². The highest BCUT2D eigenvalue weighted by molar-refractivity contribution is 5.87. The smallest absolute Gasteiger partial charge is 0.119 e. The maximum Gasteiger partial charge on any atom is 0.119 e. The lowest BCUT2D eigenvalue weighted by Gasteiger charge is -2.06. The van der Waals surface area contributed by atoms with E-state index in [2.05, 4.69) is 36.4 Å². The third-order valence-electron chi connectivity index (χ3n) is 3.45. The standard InChI is InChI=1S/C19H16O/c20-19-14-13-16-10-4-5-11-17(16)18(19)12-6-9-15-7-2-1-3-8-15/h1-11,13-14,20H,12H2/b9-6+. The molecule has 1 nitrogen and oxygen atoms in total. The first-order valence-corrected chi connectivity index (χ1v) is 6.76. The summed E-state index contributed by atoms with van der Waals surface area (Å²) in [6, 6.07) is 22.1. The summed E-state index contributed by atoms with van der Waals surface area (Å²) < 4.78 is 0. The zero-order valence-corrected chi connectivity index (χ0v) is 11.2. The van der Waals surface area contributed by atoms with E-state index in [0.717, 1.165) is 22.8 Å². The van der Waals surface area contributed by atoms with Gasteiger partial charge in [-0.05, 0) is 28.8 Å². The van der Waals surface area contributed by atoms with Crippen LogP contribution < -0.4 is 0 Å². The number of hydrogen-bond donors (Lipinski definition) is 1. The molecule has 0 aliphatic heterocycles. The summed E-state index contributed by atoms with van der Waals surface area (Å²) in [6.45, 7) is 0. The lowest BCUT2D eigenvalue weighted by atomic mass is 10.0. The van der Waals surface area contributed by atoms with E-state index in [9.17, 15) is 5.11 Å². The molecule has 3 rings (SSSR count). The molecule has 0 aliphatic carbocycles. The number of fused-ring (bicyclic) bond motifs is 1. The molecule has 1 N–H and O–H groups in total. The van der Waals surface area contributed by atoms with Crippen molar-refractivity contribution in [2.24, 2.45) is 0 Å². The van der Waals surface area contributed by atoms with Crippen molar-refractivity contribution >= 4 is 16.8 Å². The van der Waals surface area contributed by atoms with Gasteiger partial charge in [0.2, 0.25) is 0 Å². The molecule has 0 heterocycles. The molecule has 0 fully saturated rings. The lowest BCUT2D eigenvalue weighted by Crippen LogP contribution is -1.86. The van der Waals surface area contributed by atoms with Crippen molar-refractivity contribution in [1.82, 2.24) is 0 Å². The monoisotopic (exact) mass is 260 g/mol. The highest BCUT2D eigenvalue weighted by Gasteiger charge is 2.04. The van der Waals surface area contributed by atoms with Crippen LogP contribution in [0.5, 0.6) is 5.75 Å². The third-order valence-corrected chi connectivity index (χ3v) is 3.45. The fraction of sp³-hybridized carbons (Fsp3) is 0.0526. The van der Waals surface area contributed by atoms with Crippen LogP contribution in [0.2, 0.25) is 0 Å². The molecule has 0 atom stereocenters. The quantitative estimate of drug-likeness (QED) is 0.717. The second-order valence-electron chi connectivity index (χ2n) is 4.80. The van der Waals surface area contributed by atoms with Gasteiger partial charge >= 0.3 is 0 Å². The molecule has 0 amide bonds. The largest absolute Gasteiger partial charge is 0.508 e. The number of hydrogen-bond acceptors (Lipinski definition) is 1. The minimum atomic E-state index is 0.362. The molecule has 0 bridgehead atoms. The summed E-state index contributed by atoms with van der Waals surface area (Å²) in [5, 5.41) is 12.3. The van der Waals surface area contributed by atoms with Gasteiger partial charge in [-0.15, -0.1) is 0 Å². The topological polar surface area (TPSA) is 20.2 Å². The first-order chi connectivity index (χ1) is 9.84. The molecule has 0 saturated carbocycles. The summed E-state index contributed by atoms with van der Waals surface area (Å²) in [4.78, 5) is 0. The van der Waals surface area contributed by atoms with E-state index >= 15 is 0 Å². The highest BCUT2D eigenvalue weighted by atomic mass is 16.3. The van der Waals surface area contributed by atoms with Gasteiger partial charge in [0, 0.05) is 5.56 Å². The molecular weight excluding hydrogens is 244 g/mol. The minimum absolute atomic E-state index is 0.362. The van der Waals surface area contributed by atoms with Gasteiger partial charge in [0.15, 0.2) is 0 Å². The van der Waals surface area contributed by atoms with Crippen LogP contribution in [0.1, 0.15) is 11.1 Å². The Morgan fingerprint density at radius 3 is 2.40 bits per heavy atom. The second kappa shape index (κ2) is 5.62. The number of rotatable bonds is 3. The number of phenolic OH excluding ortho intramolecular Hbond substituents is 1. The van der Waals surface area contributed by atoms with Crippen molar-refractivity contribution in [2.45, 2.75) is 6.42 Å². The highest BCUT2D eigenvalue weighted by Crippen LogP contribution is 2.27. The van der Waals surface area contributed by atoms with Gasteiger partial charge in [0.25, 0.3) is 0 Å². The number of benzene rings is 3. The average molecular weight is 260 g/mol. The van der Waals surface area contributed by atoms with Crippen LogP contribution in [-0.4, -0.2) is 5.11 Å². The SMILES string of the molecule is Oc1ccc2ccccc2c1C/C=C/c1ccccc1. The van der Waals surface area contributed by atoms with Crippen LogP contribution in [0.3, 0.4) is 0 Å². The summed E-state index contributed by atoms with van der Waals surface area (Å²) in [5.41, 5.74) is 2.16. The predicted octanol–water partition coefficient (Wildman–Crippen LogP) is 4.80. The molecule has 1 heteroatoms. The summed E-state index contributed by atoms with van der Waals surface area (Å²) in [6.07, 6.45) is 4.90. The molecule has 0 aromatic heterocycles. The summed E-state index contributed by atoms with van der Waals surface area (Å²) in [5.74, 6) is 0.362. The summed E-state index contributed by atoms with van der Waals surface area (Å²) >= 11 is 0. The summed E-state index contributed by atoms with van der Waals surface area (Å²) in [7, 11) is 0. The molecule has 20 heavy (non-hydrogen) atoms. The van der Waals surface area contributed by atoms with E-state index in [1.165, 1.54) is 5.56 Å². The Kier molecular flexibility index (Phi) is 3.51. The van der Waals surface area contributed by atoms with Crippen LogP contribution in [-0.2, 0) is 6.42 Å². The Morgan fingerprint density at radius 1 is 0.800 bits per heavy atom. The van der Waals surface area contributed by atoms with E-state index in [1.807, 2.05) is 36.4 Å². The molecule has 0 spiro atoms. The van der Waals surface area contributed by atoms with E-state index in [4.69, 9.17) is 0 Å². The third kappa shape index (κ3) is 2.57. The van der Waals surface area contributed by atoms with Crippen LogP contribution in [0.4, 0.5) is 0 Å². The molecular formula is C19H16O. The van der Waals surface area contributed by atoms with Gasteiger partial charge in [-0.25, -0.2) is 0 Å². The maximum atomic E-state index is 10.1. The minimum Gasteiger partial charge on any atom is -0.508 e. The zero-order chi connectivity index (χ0) is 13.8. The molecule has 98 valence electrons. The molecule has 0 radical (unpaired) electrons. The first-order valence-electron chi connectivity index (χ1n) is 6.76. The van der Waals surface area contributed by atoms with Crippen molar-refractivity contribution in [1.29, 1.82) is 0 Å². The van der Waals surface area contributed by atoms with Gasteiger partial charge in [0.1, 0.15) is 5.75 Å². The molecule has 0 aliphatic rings. The Balaban J connectivity index is 1.91. The van der Waals surface area contributed by atoms with Crippen molar-refractivity contribution < 1.29 is 5.11 Å². The maximum absolute atomic E-state index is 10.1. The Bertz CT molecular complexity index is 742. The second-order valence-corrected chi connectivity index (χ2v) is 4.80. The van der Waals surface area contributed by atoms with Crippen LogP contribution in [0.25, 0.3) is 16.8 Å². The lowest BCUT2D eigenvalue weighted by molar-refractivity contribution is 0.471. The van der Waals surface area contributed by atoms with Gasteiger partial charge in [0.05, 0.1) is 0 Å². The van der Waals surface area contributed by atoms with Crippen LogP contribution >= 0.6 is 0 Å².